The summed E-state index contributed by atoms with van der Waals surface area (Å²) in [7, 11) is 0. The fraction of sp³-hybridized carbons (Fsp3) is 0. The fourth-order valence-electron chi connectivity index (χ4n) is 2.40. The lowest BCUT2D eigenvalue weighted by Gasteiger charge is -2.04. The summed E-state index contributed by atoms with van der Waals surface area (Å²) < 4.78 is 0. The Kier molecular flexibility index (Phi) is 4.77. The molecule has 5 nitrogen and oxygen atoms in total. The molecule has 0 aliphatic carbocycles. The predicted octanol–water partition coefficient (Wildman–Crippen LogP) is 5.05. The van der Waals surface area contributed by atoms with Gasteiger partial charge in [-0.1, -0.05) is 48.0 Å². The number of nitrogens with one attached hydrogen (secondary N) is 1. The maximum absolute atomic E-state index is 12.0. The summed E-state index contributed by atoms with van der Waals surface area (Å²) in [5.74, 6) is -0.326. The highest BCUT2D eigenvalue weighted by Gasteiger charge is 2.11. The third kappa shape index (κ3) is 4.02. The second-order valence-electron chi connectivity index (χ2n) is 5.35. The van der Waals surface area contributed by atoms with Gasteiger partial charge in [0.1, 0.15) is 5.02 Å². The number of nitro groups is 1. The van der Waals surface area contributed by atoms with Gasteiger partial charge < -0.3 is 5.32 Å². The number of amides is 1. The molecule has 0 saturated carbocycles. The summed E-state index contributed by atoms with van der Waals surface area (Å²) in [6.07, 6.45) is 2.82. The van der Waals surface area contributed by atoms with E-state index in [1.807, 2.05) is 42.5 Å². The minimum Gasteiger partial charge on any atom is -0.322 e. The molecule has 0 aliphatic heterocycles. The maximum Gasteiger partial charge on any atom is 0.288 e. The molecule has 3 aromatic carbocycles. The van der Waals surface area contributed by atoms with Crippen LogP contribution in [-0.4, -0.2) is 10.8 Å². The fourth-order valence-corrected chi connectivity index (χ4v) is 2.58. The average molecular weight is 353 g/mol. The van der Waals surface area contributed by atoms with E-state index in [4.69, 9.17) is 11.6 Å². The number of fused-ring (bicyclic) bond motifs is 1. The number of carbonyl (C=O) groups excluding carboxylic acids is 1. The van der Waals surface area contributed by atoms with Gasteiger partial charge in [0.2, 0.25) is 5.91 Å². The lowest BCUT2D eigenvalue weighted by molar-refractivity contribution is -0.384. The minimum atomic E-state index is -0.561. The Morgan fingerprint density at radius 3 is 2.56 bits per heavy atom. The highest BCUT2D eigenvalue weighted by molar-refractivity contribution is 6.32. The van der Waals surface area contributed by atoms with Crippen LogP contribution in [0.3, 0.4) is 0 Å². The molecule has 0 radical (unpaired) electrons. The topological polar surface area (TPSA) is 72.2 Å². The van der Waals surface area contributed by atoms with Crippen LogP contribution in [0.5, 0.6) is 0 Å². The van der Waals surface area contributed by atoms with E-state index in [0.717, 1.165) is 10.8 Å². The van der Waals surface area contributed by atoms with Crippen LogP contribution >= 0.6 is 11.6 Å². The standard InChI is InChI=1S/C19H13ClN2O3/c20-17-9-5-13(11-18(17)22(24)25)6-10-19(23)21-16-8-7-14-3-1-2-4-15(14)12-16/h1-12H,(H,21,23)/b10-6+. The molecular weight excluding hydrogens is 340 g/mol. The van der Waals surface area contributed by atoms with Crippen LogP contribution in [0.15, 0.2) is 66.7 Å². The van der Waals surface area contributed by atoms with Crippen molar-refractivity contribution in [2.75, 3.05) is 5.32 Å². The molecule has 0 heterocycles. The first kappa shape index (κ1) is 16.7. The SMILES string of the molecule is O=C(/C=C/c1ccc(Cl)c([N+](=O)[O-])c1)Nc1ccc2ccccc2c1. The first-order chi connectivity index (χ1) is 12.0. The number of hydrogen-bond donors (Lipinski definition) is 1. The number of nitrogens with zero attached hydrogens (tertiary/aromatic N) is 1. The van der Waals surface area contributed by atoms with E-state index in [1.54, 1.807) is 6.07 Å². The van der Waals surface area contributed by atoms with Gasteiger partial charge in [-0.05, 0) is 40.6 Å². The molecule has 0 fully saturated rings. The molecule has 25 heavy (non-hydrogen) atoms. The van der Waals surface area contributed by atoms with E-state index in [0.29, 0.717) is 11.3 Å². The molecule has 0 atom stereocenters. The van der Waals surface area contributed by atoms with Crippen molar-refractivity contribution in [2.24, 2.45) is 0 Å². The zero-order valence-electron chi connectivity index (χ0n) is 13.0. The minimum absolute atomic E-state index is 0.0581. The zero-order valence-corrected chi connectivity index (χ0v) is 13.7. The molecule has 0 saturated heterocycles. The van der Waals surface area contributed by atoms with Crippen molar-refractivity contribution in [3.05, 3.63) is 87.4 Å². The Labute approximate surface area is 148 Å². The summed E-state index contributed by atoms with van der Waals surface area (Å²) >= 11 is 5.76. The van der Waals surface area contributed by atoms with Crippen LogP contribution in [0.1, 0.15) is 5.56 Å². The molecule has 0 bridgehead atoms. The molecule has 124 valence electrons. The number of anilines is 1. The highest BCUT2D eigenvalue weighted by Crippen LogP contribution is 2.25. The van der Waals surface area contributed by atoms with Crippen LogP contribution in [0.4, 0.5) is 11.4 Å². The van der Waals surface area contributed by atoms with E-state index >= 15 is 0 Å². The van der Waals surface area contributed by atoms with Gasteiger partial charge in [-0.15, -0.1) is 0 Å². The van der Waals surface area contributed by atoms with E-state index in [1.165, 1.54) is 24.3 Å². The van der Waals surface area contributed by atoms with Gasteiger partial charge in [0.05, 0.1) is 4.92 Å². The summed E-state index contributed by atoms with van der Waals surface area (Å²) in [5.41, 5.74) is 0.999. The van der Waals surface area contributed by atoms with Crippen LogP contribution in [0, 0.1) is 10.1 Å². The van der Waals surface area contributed by atoms with E-state index in [-0.39, 0.29) is 16.6 Å². The first-order valence-corrected chi connectivity index (χ1v) is 7.82. The predicted molar refractivity (Wildman–Crippen MR) is 99.7 cm³/mol. The van der Waals surface area contributed by atoms with Gasteiger partial charge in [0.25, 0.3) is 5.69 Å². The second kappa shape index (κ2) is 7.15. The second-order valence-corrected chi connectivity index (χ2v) is 5.76. The van der Waals surface area contributed by atoms with E-state index < -0.39 is 4.92 Å². The molecule has 3 rings (SSSR count). The molecule has 1 N–H and O–H groups in total. The van der Waals surface area contributed by atoms with Crippen molar-refractivity contribution in [1.29, 1.82) is 0 Å². The van der Waals surface area contributed by atoms with Crippen molar-refractivity contribution in [2.45, 2.75) is 0 Å². The number of halogens is 1. The lowest BCUT2D eigenvalue weighted by atomic mass is 10.1. The Morgan fingerprint density at radius 1 is 1.04 bits per heavy atom. The van der Waals surface area contributed by atoms with Gasteiger partial charge in [0.15, 0.2) is 0 Å². The van der Waals surface area contributed by atoms with Crippen molar-refractivity contribution in [1.82, 2.24) is 0 Å². The monoisotopic (exact) mass is 352 g/mol. The Hall–Kier alpha value is -3.18. The Bertz CT molecular complexity index is 999. The number of nitro benzene ring substituents is 1. The quantitative estimate of drug-likeness (QED) is 0.405. The van der Waals surface area contributed by atoms with Crippen LogP contribution in [0.25, 0.3) is 16.8 Å². The molecule has 0 aromatic heterocycles. The molecule has 3 aromatic rings. The van der Waals surface area contributed by atoms with Gasteiger partial charge in [-0.3, -0.25) is 14.9 Å². The molecule has 0 spiro atoms. The largest absolute Gasteiger partial charge is 0.322 e. The van der Waals surface area contributed by atoms with Crippen molar-refractivity contribution in [3.8, 4) is 0 Å². The molecule has 6 heteroatoms. The van der Waals surface area contributed by atoms with E-state index in [9.17, 15) is 14.9 Å². The summed E-state index contributed by atoms with van der Waals surface area (Å²) in [6, 6.07) is 17.8. The van der Waals surface area contributed by atoms with Crippen molar-refractivity contribution < 1.29 is 9.72 Å². The summed E-state index contributed by atoms with van der Waals surface area (Å²) in [6.45, 7) is 0. The van der Waals surface area contributed by atoms with Crippen LogP contribution < -0.4 is 5.32 Å². The van der Waals surface area contributed by atoms with E-state index in [2.05, 4.69) is 5.32 Å². The maximum atomic E-state index is 12.0. The van der Waals surface area contributed by atoms with Crippen molar-refractivity contribution >= 4 is 45.7 Å². The Balaban J connectivity index is 1.74. The highest BCUT2D eigenvalue weighted by atomic mass is 35.5. The van der Waals surface area contributed by atoms with Gasteiger partial charge >= 0.3 is 0 Å². The smallest absolute Gasteiger partial charge is 0.288 e. The number of benzene rings is 3. The molecule has 0 aliphatic rings. The Morgan fingerprint density at radius 2 is 1.80 bits per heavy atom. The van der Waals surface area contributed by atoms with Crippen LogP contribution in [-0.2, 0) is 4.79 Å². The number of rotatable bonds is 4. The number of carbonyl (C=O) groups is 1. The average Bonchev–Trinajstić information content (AvgIpc) is 2.60. The number of hydrogen-bond acceptors (Lipinski definition) is 3. The normalized spacial score (nSPS) is 10.9. The van der Waals surface area contributed by atoms with Gasteiger partial charge in [-0.25, -0.2) is 0 Å². The summed E-state index contributed by atoms with van der Waals surface area (Å²) in [5, 5.41) is 15.8. The third-order valence-electron chi connectivity index (χ3n) is 3.61. The molecule has 0 unspecified atom stereocenters. The van der Waals surface area contributed by atoms with Gasteiger partial charge in [-0.2, -0.15) is 0 Å². The van der Waals surface area contributed by atoms with Gasteiger partial charge in [0, 0.05) is 17.8 Å². The van der Waals surface area contributed by atoms with Crippen molar-refractivity contribution in [3.63, 3.8) is 0 Å². The zero-order chi connectivity index (χ0) is 17.8. The molecular formula is C19H13ClN2O3. The molecule has 1 amide bonds. The van der Waals surface area contributed by atoms with Crippen LogP contribution in [0.2, 0.25) is 5.02 Å². The third-order valence-corrected chi connectivity index (χ3v) is 3.93. The first-order valence-electron chi connectivity index (χ1n) is 7.45. The summed E-state index contributed by atoms with van der Waals surface area (Å²) in [4.78, 5) is 22.4. The lowest BCUT2D eigenvalue weighted by Crippen LogP contribution is -2.07.